The van der Waals surface area contributed by atoms with Gasteiger partial charge in [0, 0.05) is 0 Å². The quantitative estimate of drug-likeness (QED) is 0.668. The van der Waals surface area contributed by atoms with E-state index in [1.807, 2.05) is 0 Å². The lowest BCUT2D eigenvalue weighted by atomic mass is 9.90. The van der Waals surface area contributed by atoms with Crippen molar-refractivity contribution in [3.63, 3.8) is 0 Å². The molecule has 1 aromatic carbocycles. The van der Waals surface area contributed by atoms with Crippen LogP contribution in [-0.2, 0) is 12.6 Å². The molecule has 0 radical (unpaired) electrons. The second kappa shape index (κ2) is 3.79. The molecule has 3 heteroatoms. The Morgan fingerprint density at radius 3 is 2.50 bits per heavy atom. The second-order valence-electron chi connectivity index (χ2n) is 4.80. The molecule has 0 heterocycles. The van der Waals surface area contributed by atoms with E-state index in [-0.39, 0.29) is 0 Å². The lowest BCUT2D eigenvalue weighted by molar-refractivity contribution is -0.137. The fourth-order valence-corrected chi connectivity index (χ4v) is 2.52. The van der Waals surface area contributed by atoms with Crippen LogP contribution in [0.1, 0.15) is 42.9 Å². The van der Waals surface area contributed by atoms with Crippen LogP contribution in [0.15, 0.2) is 18.2 Å². The Morgan fingerprint density at radius 1 is 1.25 bits per heavy atom. The number of hydrogen-bond acceptors (Lipinski definition) is 0. The SMILES string of the molecule is CC(C)[C@H]1CCc2cc(C(F)(F)F)ccc21. The molecule has 1 aliphatic rings. The van der Waals surface area contributed by atoms with E-state index >= 15 is 0 Å². The van der Waals surface area contributed by atoms with Gasteiger partial charge in [0.15, 0.2) is 0 Å². The monoisotopic (exact) mass is 228 g/mol. The second-order valence-corrected chi connectivity index (χ2v) is 4.80. The van der Waals surface area contributed by atoms with Crippen LogP contribution >= 0.6 is 0 Å². The highest BCUT2D eigenvalue weighted by atomic mass is 19.4. The number of halogens is 3. The van der Waals surface area contributed by atoms with Gasteiger partial charge in [-0.1, -0.05) is 19.9 Å². The molecule has 16 heavy (non-hydrogen) atoms. The van der Waals surface area contributed by atoms with Gasteiger partial charge in [0.05, 0.1) is 5.56 Å². The van der Waals surface area contributed by atoms with Crippen LogP contribution in [0.3, 0.4) is 0 Å². The Hall–Kier alpha value is -0.990. The molecule has 0 nitrogen and oxygen atoms in total. The summed E-state index contributed by atoms with van der Waals surface area (Å²) in [5.41, 5.74) is 1.48. The Morgan fingerprint density at radius 2 is 1.94 bits per heavy atom. The normalized spacial score (nSPS) is 20.2. The maximum absolute atomic E-state index is 12.5. The summed E-state index contributed by atoms with van der Waals surface area (Å²) in [4.78, 5) is 0. The highest BCUT2D eigenvalue weighted by Gasteiger charge is 2.33. The van der Waals surface area contributed by atoms with Gasteiger partial charge in [-0.05, 0) is 47.9 Å². The van der Waals surface area contributed by atoms with E-state index in [2.05, 4.69) is 13.8 Å². The van der Waals surface area contributed by atoms with Crippen molar-refractivity contribution in [1.29, 1.82) is 0 Å². The summed E-state index contributed by atoms with van der Waals surface area (Å²) in [6, 6.07) is 4.19. The Bertz CT molecular complexity index is 391. The van der Waals surface area contributed by atoms with E-state index in [0.717, 1.165) is 24.0 Å². The molecular formula is C13H15F3. The zero-order valence-corrected chi connectivity index (χ0v) is 9.43. The van der Waals surface area contributed by atoms with Crippen molar-refractivity contribution < 1.29 is 13.2 Å². The van der Waals surface area contributed by atoms with Crippen molar-refractivity contribution in [1.82, 2.24) is 0 Å². The molecule has 2 rings (SSSR count). The minimum absolute atomic E-state index is 0.428. The van der Waals surface area contributed by atoms with E-state index in [9.17, 15) is 13.2 Å². The minimum atomic E-state index is -4.22. The van der Waals surface area contributed by atoms with Gasteiger partial charge in [-0.15, -0.1) is 0 Å². The first kappa shape index (κ1) is 11.5. The topological polar surface area (TPSA) is 0 Å². The first-order chi connectivity index (χ1) is 7.39. The molecular weight excluding hydrogens is 213 g/mol. The molecule has 0 fully saturated rings. The van der Waals surface area contributed by atoms with Gasteiger partial charge in [0.25, 0.3) is 0 Å². The van der Waals surface area contributed by atoms with Crippen LogP contribution in [0.2, 0.25) is 0 Å². The third-order valence-corrected chi connectivity index (χ3v) is 3.40. The van der Waals surface area contributed by atoms with Crippen LogP contribution in [0.5, 0.6) is 0 Å². The third kappa shape index (κ3) is 1.95. The molecule has 0 N–H and O–H groups in total. The number of fused-ring (bicyclic) bond motifs is 1. The predicted molar refractivity (Wildman–Crippen MR) is 57.3 cm³/mol. The summed E-state index contributed by atoms with van der Waals surface area (Å²) >= 11 is 0. The number of alkyl halides is 3. The van der Waals surface area contributed by atoms with Crippen molar-refractivity contribution in [2.75, 3.05) is 0 Å². The Kier molecular flexibility index (Phi) is 2.72. The maximum atomic E-state index is 12.5. The molecule has 0 aliphatic heterocycles. The van der Waals surface area contributed by atoms with Crippen LogP contribution in [0, 0.1) is 5.92 Å². The van der Waals surface area contributed by atoms with Crippen LogP contribution in [0.4, 0.5) is 13.2 Å². The number of aryl methyl sites for hydroxylation is 1. The van der Waals surface area contributed by atoms with E-state index in [1.54, 1.807) is 6.07 Å². The van der Waals surface area contributed by atoms with E-state index in [0.29, 0.717) is 11.8 Å². The Labute approximate surface area is 93.5 Å². The molecule has 1 aromatic rings. The lowest BCUT2D eigenvalue weighted by Crippen LogP contribution is -2.06. The number of hydrogen-bond donors (Lipinski definition) is 0. The van der Waals surface area contributed by atoms with Crippen LogP contribution < -0.4 is 0 Å². The van der Waals surface area contributed by atoms with E-state index in [1.165, 1.54) is 12.1 Å². The standard InChI is InChI=1S/C13H15F3/c1-8(2)11-5-3-9-7-10(13(14,15)16)4-6-12(9)11/h4,6-8,11H,3,5H2,1-2H3/t11-/m1/s1. The fraction of sp³-hybridized carbons (Fsp3) is 0.538. The average Bonchev–Trinajstić information content (AvgIpc) is 2.58. The minimum Gasteiger partial charge on any atom is -0.166 e. The first-order valence-corrected chi connectivity index (χ1v) is 5.59. The summed E-state index contributed by atoms with van der Waals surface area (Å²) < 4.78 is 37.5. The van der Waals surface area contributed by atoms with Gasteiger partial charge in [-0.2, -0.15) is 13.2 Å². The molecule has 0 saturated carbocycles. The van der Waals surface area contributed by atoms with Gasteiger partial charge in [-0.25, -0.2) is 0 Å². The lowest BCUT2D eigenvalue weighted by Gasteiger charge is -2.16. The van der Waals surface area contributed by atoms with Crippen LogP contribution in [-0.4, -0.2) is 0 Å². The molecule has 0 aromatic heterocycles. The summed E-state index contributed by atoms with van der Waals surface area (Å²) in [6.45, 7) is 4.24. The molecule has 1 atom stereocenters. The number of benzene rings is 1. The predicted octanol–water partition coefficient (Wildman–Crippen LogP) is 4.39. The third-order valence-electron chi connectivity index (χ3n) is 3.40. The van der Waals surface area contributed by atoms with Crippen molar-refractivity contribution in [3.8, 4) is 0 Å². The summed E-state index contributed by atoms with van der Waals surface area (Å²) in [5, 5.41) is 0. The molecule has 0 saturated heterocycles. The van der Waals surface area contributed by atoms with Crippen LogP contribution in [0.25, 0.3) is 0 Å². The van der Waals surface area contributed by atoms with Gasteiger partial charge >= 0.3 is 6.18 Å². The molecule has 0 unspecified atom stereocenters. The largest absolute Gasteiger partial charge is 0.416 e. The smallest absolute Gasteiger partial charge is 0.166 e. The fourth-order valence-electron chi connectivity index (χ4n) is 2.52. The maximum Gasteiger partial charge on any atom is 0.416 e. The van der Waals surface area contributed by atoms with Crippen molar-refractivity contribution in [2.45, 2.75) is 38.8 Å². The zero-order chi connectivity index (χ0) is 11.9. The highest BCUT2D eigenvalue weighted by Crippen LogP contribution is 2.40. The first-order valence-electron chi connectivity index (χ1n) is 5.59. The average molecular weight is 228 g/mol. The van der Waals surface area contributed by atoms with Gasteiger partial charge in [-0.3, -0.25) is 0 Å². The molecule has 0 amide bonds. The van der Waals surface area contributed by atoms with E-state index < -0.39 is 11.7 Å². The van der Waals surface area contributed by atoms with Gasteiger partial charge in [0.2, 0.25) is 0 Å². The van der Waals surface area contributed by atoms with E-state index in [4.69, 9.17) is 0 Å². The zero-order valence-electron chi connectivity index (χ0n) is 9.43. The molecule has 0 bridgehead atoms. The number of rotatable bonds is 1. The summed E-state index contributed by atoms with van der Waals surface area (Å²) in [6.07, 6.45) is -2.46. The van der Waals surface area contributed by atoms with Gasteiger partial charge < -0.3 is 0 Å². The van der Waals surface area contributed by atoms with Crippen molar-refractivity contribution in [3.05, 3.63) is 34.9 Å². The summed E-state index contributed by atoms with van der Waals surface area (Å²) in [5.74, 6) is 0.926. The van der Waals surface area contributed by atoms with Crippen molar-refractivity contribution in [2.24, 2.45) is 5.92 Å². The molecule has 1 aliphatic carbocycles. The Balaban J connectivity index is 2.37. The molecule has 88 valence electrons. The van der Waals surface area contributed by atoms with Crippen molar-refractivity contribution >= 4 is 0 Å². The molecule has 0 spiro atoms. The van der Waals surface area contributed by atoms with Gasteiger partial charge in [0.1, 0.15) is 0 Å². The highest BCUT2D eigenvalue weighted by molar-refractivity contribution is 5.39. The summed E-state index contributed by atoms with van der Waals surface area (Å²) in [7, 11) is 0.